The first kappa shape index (κ1) is 14.0. The Morgan fingerprint density at radius 2 is 1.78 bits per heavy atom. The summed E-state index contributed by atoms with van der Waals surface area (Å²) in [6.45, 7) is 0. The van der Waals surface area contributed by atoms with Gasteiger partial charge in [-0.25, -0.2) is 0 Å². The zero-order valence-electron chi connectivity index (χ0n) is 11.7. The maximum absolute atomic E-state index is 12.2. The molecule has 2 atom stereocenters. The minimum Gasteiger partial charge on any atom is -0.356 e. The topological polar surface area (TPSA) is 38.8 Å². The van der Waals surface area contributed by atoms with Gasteiger partial charge >= 0.3 is 0 Å². The number of methoxy groups -OCH3 is 2. The van der Waals surface area contributed by atoms with Crippen molar-refractivity contribution in [2.75, 3.05) is 21.3 Å². The maximum Gasteiger partial charge on any atom is 0.157 e. The molecule has 4 nitrogen and oxygen atoms in total. The third-order valence-corrected chi connectivity index (χ3v) is 4.71. The number of ether oxygens (including phenoxy) is 2. The van der Waals surface area contributed by atoms with Gasteiger partial charge < -0.3 is 14.4 Å². The van der Waals surface area contributed by atoms with Crippen LogP contribution >= 0.6 is 0 Å². The lowest BCUT2D eigenvalue weighted by Gasteiger charge is -2.35. The predicted molar refractivity (Wildman–Crippen MR) is 69.3 cm³/mol. The highest BCUT2D eigenvalue weighted by Gasteiger charge is 2.40. The molecule has 2 rings (SSSR count). The van der Waals surface area contributed by atoms with E-state index in [0.29, 0.717) is 30.7 Å². The molecule has 2 aliphatic heterocycles. The standard InChI is InChI=1S/C14H25NO3/c1-15-11-4-5-12(15)9-10(8-11)13(16)6-7-14(17-2)18-3/h10-12,14H,4-9H2,1-3H3. The van der Waals surface area contributed by atoms with Crippen molar-refractivity contribution in [2.24, 2.45) is 5.92 Å². The van der Waals surface area contributed by atoms with Crippen LogP contribution in [0.25, 0.3) is 0 Å². The van der Waals surface area contributed by atoms with E-state index in [0.717, 1.165) is 12.8 Å². The zero-order chi connectivity index (χ0) is 13.1. The van der Waals surface area contributed by atoms with Crippen LogP contribution in [-0.4, -0.2) is 50.3 Å². The van der Waals surface area contributed by atoms with Gasteiger partial charge in [0.05, 0.1) is 0 Å². The number of piperidine rings is 1. The number of hydrogen-bond donors (Lipinski definition) is 0. The van der Waals surface area contributed by atoms with Gasteiger partial charge in [0.1, 0.15) is 5.78 Å². The Balaban J connectivity index is 1.80. The van der Waals surface area contributed by atoms with Crippen LogP contribution in [0.15, 0.2) is 0 Å². The molecule has 2 unspecified atom stereocenters. The first-order chi connectivity index (χ1) is 8.65. The molecule has 104 valence electrons. The number of hydrogen-bond acceptors (Lipinski definition) is 4. The summed E-state index contributed by atoms with van der Waals surface area (Å²) in [5, 5.41) is 0. The van der Waals surface area contributed by atoms with Crippen molar-refractivity contribution in [1.29, 1.82) is 0 Å². The highest BCUT2D eigenvalue weighted by molar-refractivity contribution is 5.81. The third-order valence-electron chi connectivity index (χ3n) is 4.71. The third kappa shape index (κ3) is 2.92. The molecule has 0 aromatic rings. The molecule has 2 aliphatic rings. The molecular formula is C14H25NO3. The molecule has 0 aromatic heterocycles. The molecule has 2 fully saturated rings. The first-order valence-electron chi connectivity index (χ1n) is 6.96. The number of ketones is 1. The van der Waals surface area contributed by atoms with Crippen molar-refractivity contribution in [3.8, 4) is 0 Å². The smallest absolute Gasteiger partial charge is 0.157 e. The Labute approximate surface area is 110 Å². The summed E-state index contributed by atoms with van der Waals surface area (Å²) in [5.74, 6) is 0.673. The van der Waals surface area contributed by atoms with Gasteiger partial charge in [0.15, 0.2) is 6.29 Å². The molecule has 2 heterocycles. The maximum atomic E-state index is 12.2. The van der Waals surface area contributed by atoms with Gasteiger partial charge in [-0.05, 0) is 32.7 Å². The van der Waals surface area contributed by atoms with Crippen LogP contribution < -0.4 is 0 Å². The van der Waals surface area contributed by atoms with E-state index in [1.165, 1.54) is 12.8 Å². The van der Waals surface area contributed by atoms with Crippen LogP contribution in [0.5, 0.6) is 0 Å². The van der Waals surface area contributed by atoms with Gasteiger partial charge in [-0.2, -0.15) is 0 Å². The quantitative estimate of drug-likeness (QED) is 0.679. The van der Waals surface area contributed by atoms with E-state index in [9.17, 15) is 4.79 Å². The lowest BCUT2D eigenvalue weighted by atomic mass is 9.86. The number of Topliss-reactive ketones (excluding diaryl/α,β-unsaturated/α-hetero) is 1. The van der Waals surface area contributed by atoms with Gasteiger partial charge in [0.2, 0.25) is 0 Å². The van der Waals surface area contributed by atoms with E-state index in [1.54, 1.807) is 14.2 Å². The summed E-state index contributed by atoms with van der Waals surface area (Å²) in [4.78, 5) is 14.7. The Morgan fingerprint density at radius 3 is 2.28 bits per heavy atom. The molecule has 0 N–H and O–H groups in total. The molecule has 0 saturated carbocycles. The number of nitrogens with zero attached hydrogens (tertiary/aromatic N) is 1. The lowest BCUT2D eigenvalue weighted by molar-refractivity contribution is -0.132. The van der Waals surface area contributed by atoms with Gasteiger partial charge in [-0.3, -0.25) is 4.79 Å². The Kier molecular flexibility index (Phi) is 4.76. The summed E-state index contributed by atoms with van der Waals surface area (Å²) in [5.41, 5.74) is 0. The number of rotatable bonds is 6. The fourth-order valence-electron chi connectivity index (χ4n) is 3.47. The molecule has 4 heteroatoms. The van der Waals surface area contributed by atoms with E-state index in [-0.39, 0.29) is 12.2 Å². The van der Waals surface area contributed by atoms with Crippen molar-refractivity contribution in [3.63, 3.8) is 0 Å². The minimum atomic E-state index is -0.239. The zero-order valence-corrected chi connectivity index (χ0v) is 11.7. The second-order valence-corrected chi connectivity index (χ2v) is 5.62. The summed E-state index contributed by atoms with van der Waals surface area (Å²) in [6, 6.07) is 1.27. The van der Waals surface area contributed by atoms with Gasteiger partial charge in [0, 0.05) is 45.1 Å². The normalized spacial score (nSPS) is 32.1. The van der Waals surface area contributed by atoms with Crippen molar-refractivity contribution in [1.82, 2.24) is 4.90 Å². The number of fused-ring (bicyclic) bond motifs is 2. The highest BCUT2D eigenvalue weighted by atomic mass is 16.7. The summed E-state index contributed by atoms with van der Waals surface area (Å²) in [6.07, 6.45) is 5.66. The average Bonchev–Trinajstić information content (AvgIpc) is 2.62. The summed E-state index contributed by atoms with van der Waals surface area (Å²) >= 11 is 0. The molecule has 0 spiro atoms. The molecular weight excluding hydrogens is 230 g/mol. The van der Waals surface area contributed by atoms with E-state index < -0.39 is 0 Å². The molecule has 2 bridgehead atoms. The fraction of sp³-hybridized carbons (Fsp3) is 0.929. The second kappa shape index (κ2) is 6.13. The molecule has 18 heavy (non-hydrogen) atoms. The van der Waals surface area contributed by atoms with Crippen LogP contribution in [0.4, 0.5) is 0 Å². The van der Waals surface area contributed by atoms with Gasteiger partial charge in [-0.15, -0.1) is 0 Å². The van der Waals surface area contributed by atoms with Crippen LogP contribution in [0.3, 0.4) is 0 Å². The Hall–Kier alpha value is -0.450. The molecule has 0 amide bonds. The predicted octanol–water partition coefficient (Wildman–Crippen LogP) is 1.83. The van der Waals surface area contributed by atoms with E-state index >= 15 is 0 Å². The van der Waals surface area contributed by atoms with E-state index in [2.05, 4.69) is 11.9 Å². The summed E-state index contributed by atoms with van der Waals surface area (Å²) < 4.78 is 10.3. The summed E-state index contributed by atoms with van der Waals surface area (Å²) in [7, 11) is 5.44. The van der Waals surface area contributed by atoms with Crippen LogP contribution in [0.1, 0.15) is 38.5 Å². The van der Waals surface area contributed by atoms with Crippen LogP contribution in [0, 0.1) is 5.92 Å². The minimum absolute atomic E-state index is 0.239. The number of carbonyl (C=O) groups is 1. The van der Waals surface area contributed by atoms with Crippen molar-refractivity contribution >= 4 is 5.78 Å². The second-order valence-electron chi connectivity index (χ2n) is 5.62. The van der Waals surface area contributed by atoms with Crippen LogP contribution in [0.2, 0.25) is 0 Å². The van der Waals surface area contributed by atoms with E-state index in [4.69, 9.17) is 9.47 Å². The fourth-order valence-corrected chi connectivity index (χ4v) is 3.47. The lowest BCUT2D eigenvalue weighted by Crippen LogP contribution is -2.42. The number of carbonyl (C=O) groups excluding carboxylic acids is 1. The molecule has 2 saturated heterocycles. The molecule has 0 aromatic carbocycles. The largest absolute Gasteiger partial charge is 0.356 e. The van der Waals surface area contributed by atoms with Crippen molar-refractivity contribution in [2.45, 2.75) is 56.9 Å². The first-order valence-corrected chi connectivity index (χ1v) is 6.96. The van der Waals surface area contributed by atoms with Crippen molar-refractivity contribution < 1.29 is 14.3 Å². The van der Waals surface area contributed by atoms with Crippen LogP contribution in [-0.2, 0) is 14.3 Å². The Morgan fingerprint density at radius 1 is 1.22 bits per heavy atom. The SMILES string of the molecule is COC(CCC(=O)C1CC2CCC(C1)N2C)OC. The van der Waals surface area contributed by atoms with Crippen molar-refractivity contribution in [3.05, 3.63) is 0 Å². The Bertz CT molecular complexity index is 277. The van der Waals surface area contributed by atoms with Gasteiger partial charge in [0.25, 0.3) is 0 Å². The van der Waals surface area contributed by atoms with E-state index in [1.807, 2.05) is 0 Å². The molecule has 0 aliphatic carbocycles. The monoisotopic (exact) mass is 255 g/mol. The average molecular weight is 255 g/mol. The highest BCUT2D eigenvalue weighted by Crippen LogP contribution is 2.38. The van der Waals surface area contributed by atoms with Gasteiger partial charge in [-0.1, -0.05) is 0 Å². The molecule has 0 radical (unpaired) electrons.